The molecule has 0 bridgehead atoms. The number of benzene rings is 1. The van der Waals surface area contributed by atoms with E-state index in [0.717, 1.165) is 10.0 Å². The van der Waals surface area contributed by atoms with Gasteiger partial charge in [-0.1, -0.05) is 22.0 Å². The van der Waals surface area contributed by atoms with Crippen LogP contribution < -0.4 is 4.74 Å². The van der Waals surface area contributed by atoms with Crippen LogP contribution in [0.2, 0.25) is 0 Å². The average Bonchev–Trinajstić information content (AvgIpc) is 2.37. The van der Waals surface area contributed by atoms with Crippen molar-refractivity contribution in [3.63, 3.8) is 0 Å². The normalized spacial score (nSPS) is 9.65. The van der Waals surface area contributed by atoms with Crippen molar-refractivity contribution >= 4 is 21.6 Å². The molecule has 0 amide bonds. The second-order valence-electron chi connectivity index (χ2n) is 3.41. The molecule has 4 heteroatoms. The first kappa shape index (κ1) is 11.6. The van der Waals surface area contributed by atoms with Crippen molar-refractivity contribution in [1.29, 1.82) is 0 Å². The van der Waals surface area contributed by atoms with Gasteiger partial charge in [0.2, 0.25) is 0 Å². The summed E-state index contributed by atoms with van der Waals surface area (Å²) in [6.45, 7) is 7.42. The van der Waals surface area contributed by atoms with E-state index in [2.05, 4.69) is 25.8 Å². The highest BCUT2D eigenvalue weighted by molar-refractivity contribution is 9.10. The second-order valence-corrected chi connectivity index (χ2v) is 4.32. The Morgan fingerprint density at radius 3 is 2.94 bits per heavy atom. The Bertz CT molecular complexity index is 549. The van der Waals surface area contributed by atoms with Gasteiger partial charge in [-0.3, -0.25) is 4.98 Å². The molecular weight excluding hydrogens is 280 g/mol. The summed E-state index contributed by atoms with van der Waals surface area (Å²) in [4.78, 5) is 7.39. The van der Waals surface area contributed by atoms with E-state index in [9.17, 15) is 0 Å². The molecular formula is C13H9BrN2O. The van der Waals surface area contributed by atoms with Crippen LogP contribution in [0.15, 0.2) is 47.2 Å². The molecule has 2 aromatic rings. The van der Waals surface area contributed by atoms with Crippen molar-refractivity contribution in [1.82, 2.24) is 4.98 Å². The molecule has 84 valence electrons. The van der Waals surface area contributed by atoms with Crippen LogP contribution in [-0.4, -0.2) is 4.98 Å². The molecule has 0 atom stereocenters. The lowest BCUT2D eigenvalue weighted by molar-refractivity contribution is 0.306. The van der Waals surface area contributed by atoms with Gasteiger partial charge in [0.15, 0.2) is 5.69 Å². The summed E-state index contributed by atoms with van der Waals surface area (Å²) in [5.41, 5.74) is 1.55. The van der Waals surface area contributed by atoms with E-state index in [0.29, 0.717) is 18.0 Å². The molecule has 0 spiro atoms. The second kappa shape index (κ2) is 5.46. The van der Waals surface area contributed by atoms with Crippen LogP contribution in [0.3, 0.4) is 0 Å². The quantitative estimate of drug-likeness (QED) is 0.799. The SMILES string of the molecule is [C-]#[N+]c1cc(Br)cc(OCc2cccnc2)c1. The lowest BCUT2D eigenvalue weighted by Crippen LogP contribution is -1.95. The Kier molecular flexibility index (Phi) is 3.73. The maximum atomic E-state index is 6.97. The molecule has 0 saturated carbocycles. The van der Waals surface area contributed by atoms with Gasteiger partial charge in [-0.2, -0.15) is 0 Å². The van der Waals surface area contributed by atoms with Gasteiger partial charge in [-0.05, 0) is 24.3 Å². The maximum absolute atomic E-state index is 6.97. The molecule has 0 fully saturated rings. The first-order chi connectivity index (χ1) is 8.28. The van der Waals surface area contributed by atoms with Crippen molar-refractivity contribution in [3.05, 3.63) is 64.2 Å². The molecule has 1 aromatic carbocycles. The van der Waals surface area contributed by atoms with Crippen LogP contribution in [0.1, 0.15) is 5.56 Å². The monoisotopic (exact) mass is 288 g/mol. The Morgan fingerprint density at radius 2 is 2.24 bits per heavy atom. The Labute approximate surface area is 108 Å². The van der Waals surface area contributed by atoms with Gasteiger partial charge >= 0.3 is 0 Å². The largest absolute Gasteiger partial charge is 0.490 e. The van der Waals surface area contributed by atoms with Crippen molar-refractivity contribution in [3.8, 4) is 5.75 Å². The number of rotatable bonds is 3. The highest BCUT2D eigenvalue weighted by Crippen LogP contribution is 2.27. The van der Waals surface area contributed by atoms with Gasteiger partial charge in [0.05, 0.1) is 6.57 Å². The fourth-order valence-electron chi connectivity index (χ4n) is 1.35. The minimum atomic E-state index is 0.446. The first-order valence-electron chi connectivity index (χ1n) is 4.98. The van der Waals surface area contributed by atoms with E-state index >= 15 is 0 Å². The standard InChI is InChI=1S/C13H9BrN2O/c1-15-12-5-11(14)6-13(7-12)17-9-10-3-2-4-16-8-10/h2-8H,9H2. The molecule has 0 radical (unpaired) electrons. The number of aromatic nitrogens is 1. The van der Waals surface area contributed by atoms with Crippen molar-refractivity contribution in [2.45, 2.75) is 6.61 Å². The lowest BCUT2D eigenvalue weighted by Gasteiger charge is -2.07. The van der Waals surface area contributed by atoms with Crippen LogP contribution in [0.25, 0.3) is 4.85 Å². The molecule has 0 N–H and O–H groups in total. The number of pyridine rings is 1. The van der Waals surface area contributed by atoms with Gasteiger partial charge in [-0.25, -0.2) is 4.85 Å². The summed E-state index contributed by atoms with van der Waals surface area (Å²) >= 11 is 3.34. The van der Waals surface area contributed by atoms with E-state index in [-0.39, 0.29) is 0 Å². The van der Waals surface area contributed by atoms with E-state index in [1.807, 2.05) is 18.2 Å². The van der Waals surface area contributed by atoms with Gasteiger partial charge in [0, 0.05) is 22.4 Å². The molecule has 0 saturated heterocycles. The average molecular weight is 289 g/mol. The Balaban J connectivity index is 2.10. The van der Waals surface area contributed by atoms with Crippen LogP contribution in [0.5, 0.6) is 5.75 Å². The van der Waals surface area contributed by atoms with Gasteiger partial charge in [0.1, 0.15) is 12.4 Å². The smallest absolute Gasteiger partial charge is 0.191 e. The molecule has 17 heavy (non-hydrogen) atoms. The summed E-state index contributed by atoms with van der Waals surface area (Å²) in [5.74, 6) is 0.675. The summed E-state index contributed by atoms with van der Waals surface area (Å²) in [5, 5.41) is 0. The van der Waals surface area contributed by atoms with Gasteiger partial charge in [-0.15, -0.1) is 0 Å². The van der Waals surface area contributed by atoms with E-state index in [1.165, 1.54) is 0 Å². The summed E-state index contributed by atoms with van der Waals surface area (Å²) < 4.78 is 6.44. The number of hydrogen-bond acceptors (Lipinski definition) is 2. The van der Waals surface area contributed by atoms with Crippen LogP contribution in [-0.2, 0) is 6.61 Å². The van der Waals surface area contributed by atoms with E-state index < -0.39 is 0 Å². The highest BCUT2D eigenvalue weighted by Gasteiger charge is 2.00. The molecule has 1 aromatic heterocycles. The Morgan fingerprint density at radius 1 is 1.35 bits per heavy atom. The lowest BCUT2D eigenvalue weighted by atomic mass is 10.3. The van der Waals surface area contributed by atoms with Crippen LogP contribution >= 0.6 is 15.9 Å². The van der Waals surface area contributed by atoms with Crippen molar-refractivity contribution in [2.75, 3.05) is 0 Å². The summed E-state index contributed by atoms with van der Waals surface area (Å²) in [7, 11) is 0. The zero-order valence-electron chi connectivity index (χ0n) is 8.93. The molecule has 0 aliphatic carbocycles. The number of ether oxygens (including phenoxy) is 1. The molecule has 1 heterocycles. The third-order valence-electron chi connectivity index (χ3n) is 2.11. The van der Waals surface area contributed by atoms with Gasteiger partial charge < -0.3 is 4.74 Å². The number of nitrogens with zero attached hydrogens (tertiary/aromatic N) is 2. The van der Waals surface area contributed by atoms with Crippen LogP contribution in [0.4, 0.5) is 5.69 Å². The fourth-order valence-corrected chi connectivity index (χ4v) is 1.81. The third kappa shape index (κ3) is 3.30. The maximum Gasteiger partial charge on any atom is 0.191 e. The molecule has 3 nitrogen and oxygen atoms in total. The van der Waals surface area contributed by atoms with E-state index in [1.54, 1.807) is 24.5 Å². The minimum Gasteiger partial charge on any atom is -0.490 e. The number of halogens is 1. The Hall–Kier alpha value is -1.86. The van der Waals surface area contributed by atoms with E-state index in [4.69, 9.17) is 11.3 Å². The number of hydrogen-bond donors (Lipinski definition) is 0. The minimum absolute atomic E-state index is 0.446. The fraction of sp³-hybridized carbons (Fsp3) is 0.0769. The van der Waals surface area contributed by atoms with Gasteiger partial charge in [0.25, 0.3) is 0 Å². The first-order valence-corrected chi connectivity index (χ1v) is 5.77. The van der Waals surface area contributed by atoms with Crippen molar-refractivity contribution in [2.24, 2.45) is 0 Å². The summed E-state index contributed by atoms with van der Waals surface area (Å²) in [6, 6.07) is 9.12. The molecule has 0 aliphatic rings. The zero-order valence-corrected chi connectivity index (χ0v) is 10.5. The molecule has 0 aliphatic heterocycles. The third-order valence-corrected chi connectivity index (χ3v) is 2.57. The molecule has 0 unspecified atom stereocenters. The highest BCUT2D eigenvalue weighted by atomic mass is 79.9. The van der Waals surface area contributed by atoms with Crippen molar-refractivity contribution < 1.29 is 4.74 Å². The predicted octanol–water partition coefficient (Wildman–Crippen LogP) is 3.97. The topological polar surface area (TPSA) is 26.5 Å². The molecule has 2 rings (SSSR count). The zero-order chi connectivity index (χ0) is 12.1. The summed E-state index contributed by atoms with van der Waals surface area (Å²) in [6.07, 6.45) is 3.48. The predicted molar refractivity (Wildman–Crippen MR) is 69.0 cm³/mol. The van der Waals surface area contributed by atoms with Crippen LogP contribution in [0, 0.1) is 6.57 Å².